The van der Waals surface area contributed by atoms with Crippen molar-refractivity contribution >= 4 is 11.7 Å². The van der Waals surface area contributed by atoms with E-state index in [4.69, 9.17) is 14.2 Å². The molecule has 3 fully saturated rings. The highest BCUT2D eigenvalue weighted by Crippen LogP contribution is 2.47. The van der Waals surface area contributed by atoms with Gasteiger partial charge in [-0.1, -0.05) is 64.0 Å². The summed E-state index contributed by atoms with van der Waals surface area (Å²) in [6.07, 6.45) is 11.1. The van der Waals surface area contributed by atoms with Crippen LogP contribution in [0.2, 0.25) is 0 Å². The van der Waals surface area contributed by atoms with E-state index in [9.17, 15) is 19.8 Å². The highest BCUT2D eigenvalue weighted by molar-refractivity contribution is 5.87. The molecule has 0 saturated carbocycles. The summed E-state index contributed by atoms with van der Waals surface area (Å²) < 4.78 is 17.7. The van der Waals surface area contributed by atoms with Gasteiger partial charge in [-0.25, -0.2) is 0 Å². The molecule has 220 valence electrons. The van der Waals surface area contributed by atoms with Crippen molar-refractivity contribution < 1.29 is 34.0 Å². The number of aliphatic hydroxyl groups is 2. The molecule has 1 unspecified atom stereocenters. The van der Waals surface area contributed by atoms with Gasteiger partial charge in [0.05, 0.1) is 31.3 Å². The molecule has 0 aromatic carbocycles. The summed E-state index contributed by atoms with van der Waals surface area (Å²) in [6.45, 7) is 12.5. The number of aliphatic hydroxyl groups excluding tert-OH is 1. The monoisotopic (exact) mass is 547 g/mol. The van der Waals surface area contributed by atoms with E-state index in [1.165, 1.54) is 0 Å². The Hall–Kier alpha value is -1.84. The van der Waals surface area contributed by atoms with Gasteiger partial charge in [0.15, 0.2) is 5.79 Å². The van der Waals surface area contributed by atoms with E-state index >= 15 is 0 Å². The molecule has 3 N–H and O–H groups in total. The molecule has 39 heavy (non-hydrogen) atoms. The molecule has 3 saturated heterocycles. The van der Waals surface area contributed by atoms with Gasteiger partial charge in [0, 0.05) is 12.8 Å². The Morgan fingerprint density at radius 3 is 2.56 bits per heavy atom. The second kappa shape index (κ2) is 13.7. The fraction of sp³-hybridized carbons (Fsp3) is 0.742. The van der Waals surface area contributed by atoms with Crippen molar-refractivity contribution in [3.8, 4) is 0 Å². The number of hydrogen-bond donors (Lipinski definition) is 3. The molecule has 0 radical (unpaired) electrons. The molecule has 8 heteroatoms. The minimum atomic E-state index is -1.65. The van der Waals surface area contributed by atoms with Gasteiger partial charge in [0.25, 0.3) is 0 Å². The molecule has 0 aromatic heterocycles. The number of carbonyl (C=O) groups is 2. The summed E-state index contributed by atoms with van der Waals surface area (Å²) >= 11 is 0. The molecule has 0 aromatic rings. The lowest BCUT2D eigenvalue weighted by atomic mass is 9.84. The summed E-state index contributed by atoms with van der Waals surface area (Å²) in [5.74, 6) is -1.19. The third-order valence-corrected chi connectivity index (χ3v) is 7.98. The lowest BCUT2D eigenvalue weighted by molar-refractivity contribution is -0.282. The maximum Gasteiger partial charge on any atom is 0.243 e. The largest absolute Gasteiger partial charge is 0.387 e. The summed E-state index contributed by atoms with van der Waals surface area (Å²) in [7, 11) is 0. The van der Waals surface area contributed by atoms with Crippen LogP contribution in [0.5, 0.6) is 0 Å². The molecule has 1 amide bonds. The molecule has 8 nitrogen and oxygen atoms in total. The first-order valence-corrected chi connectivity index (χ1v) is 14.6. The summed E-state index contributed by atoms with van der Waals surface area (Å²) in [5.41, 5.74) is 0.116. The molecule has 0 aliphatic carbocycles. The van der Waals surface area contributed by atoms with Crippen molar-refractivity contribution in [2.75, 3.05) is 6.61 Å². The minimum absolute atomic E-state index is 0.0277. The smallest absolute Gasteiger partial charge is 0.243 e. The van der Waals surface area contributed by atoms with Crippen LogP contribution in [0.15, 0.2) is 36.0 Å². The Morgan fingerprint density at radius 2 is 1.92 bits per heavy atom. The molecule has 3 rings (SSSR count). The van der Waals surface area contributed by atoms with E-state index in [1.807, 2.05) is 46.8 Å². The first kappa shape index (κ1) is 31.7. The Kier molecular flexibility index (Phi) is 11.1. The van der Waals surface area contributed by atoms with Crippen molar-refractivity contribution in [3.63, 3.8) is 0 Å². The standard InChI is InChI=1S/C31H49NO7/c1-7-8-9-24(33)17-31(36)18-30(19-37-30)29(35)27(39-31)14-12-21(4)11-13-26-22(5)16-25(23(6)38-26)32-28(34)15-10-20(2)3/h10-12,14-15,20,22-23,25-27,29,35-36H,7-9,13,16-19H2,1-6H3,(H,32,34)/b14-12+,15-10-,21-11+/t22-,23+,25+,26-,27+,29+,30+,31?/m0/s1. The van der Waals surface area contributed by atoms with Gasteiger partial charge >= 0.3 is 0 Å². The highest BCUT2D eigenvalue weighted by atomic mass is 16.7. The van der Waals surface area contributed by atoms with E-state index < -0.39 is 23.6 Å². The van der Waals surface area contributed by atoms with Crippen LogP contribution >= 0.6 is 0 Å². The van der Waals surface area contributed by atoms with Gasteiger partial charge in [-0.05, 0) is 51.0 Å². The average Bonchev–Trinajstić information content (AvgIpc) is 3.63. The van der Waals surface area contributed by atoms with Gasteiger partial charge in [-0.3, -0.25) is 9.59 Å². The molecule has 3 aliphatic rings. The Morgan fingerprint density at radius 1 is 1.21 bits per heavy atom. The molecular weight excluding hydrogens is 498 g/mol. The molecule has 8 atom stereocenters. The lowest BCUT2D eigenvalue weighted by Gasteiger charge is -2.42. The van der Waals surface area contributed by atoms with Gasteiger partial charge in [0.1, 0.15) is 23.6 Å². The third kappa shape index (κ3) is 9.08. The third-order valence-electron chi connectivity index (χ3n) is 7.98. The van der Waals surface area contributed by atoms with E-state index in [1.54, 1.807) is 12.2 Å². The number of carbonyl (C=O) groups excluding carboxylic acids is 2. The van der Waals surface area contributed by atoms with E-state index in [0.29, 0.717) is 25.4 Å². The molecule has 3 heterocycles. The Labute approximate surface area is 233 Å². The van der Waals surface area contributed by atoms with Crippen LogP contribution in [0.3, 0.4) is 0 Å². The first-order valence-electron chi connectivity index (χ1n) is 14.6. The van der Waals surface area contributed by atoms with Crippen LogP contribution in [0, 0.1) is 11.8 Å². The number of ether oxygens (including phenoxy) is 3. The number of unbranched alkanes of at least 4 members (excludes halogenated alkanes) is 1. The Bertz CT molecular complexity index is 937. The normalized spacial score (nSPS) is 37.2. The van der Waals surface area contributed by atoms with Crippen molar-refractivity contribution in [3.05, 3.63) is 36.0 Å². The highest BCUT2D eigenvalue weighted by Gasteiger charge is 2.62. The molecule has 0 bridgehead atoms. The van der Waals surface area contributed by atoms with E-state index in [-0.39, 0.29) is 48.7 Å². The fourth-order valence-electron chi connectivity index (χ4n) is 5.46. The number of Topliss-reactive ketones (excluding diaryl/α,β-unsaturated/α-hetero) is 1. The molecular formula is C31H49NO7. The number of rotatable bonds is 12. The second-order valence-electron chi connectivity index (χ2n) is 12.2. The number of epoxide rings is 1. The van der Waals surface area contributed by atoms with Crippen LogP contribution in [0.25, 0.3) is 0 Å². The fourth-order valence-corrected chi connectivity index (χ4v) is 5.46. The maximum atomic E-state index is 12.4. The SMILES string of the molecule is CCCCC(=O)CC1(O)C[C@@]2(CO2)[C@H](O)[C@@H](/C=C/C(C)=C/C[C@@H]2O[C@H](C)[C@H](NC(=O)/C=C\C(C)C)C[C@@H]2C)O1. The second-order valence-corrected chi connectivity index (χ2v) is 12.2. The quantitative estimate of drug-likeness (QED) is 0.191. The lowest BCUT2D eigenvalue weighted by Crippen LogP contribution is -2.56. The summed E-state index contributed by atoms with van der Waals surface area (Å²) in [4.78, 5) is 24.6. The predicted octanol–water partition coefficient (Wildman–Crippen LogP) is 4.15. The van der Waals surface area contributed by atoms with Crippen molar-refractivity contribution in [2.24, 2.45) is 11.8 Å². The molecule has 3 aliphatic heterocycles. The number of nitrogens with one attached hydrogen (secondary N) is 1. The zero-order valence-electron chi connectivity index (χ0n) is 24.5. The van der Waals surface area contributed by atoms with Crippen molar-refractivity contribution in [1.29, 1.82) is 0 Å². The van der Waals surface area contributed by atoms with E-state index in [0.717, 1.165) is 24.8 Å². The van der Waals surface area contributed by atoms with Gasteiger partial charge in [0.2, 0.25) is 5.91 Å². The van der Waals surface area contributed by atoms with E-state index in [2.05, 4.69) is 18.3 Å². The van der Waals surface area contributed by atoms with Crippen molar-refractivity contribution in [2.45, 2.75) is 128 Å². The summed E-state index contributed by atoms with van der Waals surface area (Å²) in [6, 6.07) is -0.0277. The Balaban J connectivity index is 1.55. The zero-order valence-corrected chi connectivity index (χ0v) is 24.5. The predicted molar refractivity (Wildman–Crippen MR) is 150 cm³/mol. The van der Waals surface area contributed by atoms with Crippen LogP contribution in [-0.2, 0) is 23.8 Å². The number of amides is 1. The topological polar surface area (TPSA) is 118 Å². The van der Waals surface area contributed by atoms with Gasteiger partial charge in [-0.15, -0.1) is 0 Å². The zero-order chi connectivity index (χ0) is 28.8. The van der Waals surface area contributed by atoms with Crippen LogP contribution in [0.1, 0.15) is 86.5 Å². The van der Waals surface area contributed by atoms with Gasteiger partial charge in [-0.2, -0.15) is 0 Å². The number of ketones is 1. The average molecular weight is 548 g/mol. The first-order chi connectivity index (χ1) is 18.4. The van der Waals surface area contributed by atoms with Gasteiger partial charge < -0.3 is 29.7 Å². The maximum absolute atomic E-state index is 12.4. The molecule has 1 spiro atoms. The van der Waals surface area contributed by atoms with Crippen LogP contribution < -0.4 is 5.32 Å². The minimum Gasteiger partial charge on any atom is -0.387 e. The number of hydrogen-bond acceptors (Lipinski definition) is 7. The van der Waals surface area contributed by atoms with Crippen LogP contribution in [0.4, 0.5) is 0 Å². The van der Waals surface area contributed by atoms with Crippen molar-refractivity contribution in [1.82, 2.24) is 5.32 Å². The number of allylic oxidation sites excluding steroid dienone is 3. The summed E-state index contributed by atoms with van der Waals surface area (Å²) in [5, 5.41) is 25.0. The van der Waals surface area contributed by atoms with Crippen LogP contribution in [-0.4, -0.2) is 70.4 Å².